The topological polar surface area (TPSA) is 55.8 Å². The van der Waals surface area contributed by atoms with E-state index in [-0.39, 0.29) is 11.1 Å². The largest absolute Gasteiger partial charge is 0.493 e. The van der Waals surface area contributed by atoms with Crippen molar-refractivity contribution in [3.8, 4) is 11.5 Å². The van der Waals surface area contributed by atoms with E-state index in [9.17, 15) is 9.59 Å². The second kappa shape index (κ2) is 8.25. The fourth-order valence-corrected chi connectivity index (χ4v) is 3.53. The molecule has 0 saturated carbocycles. The number of hydrogen-bond donors (Lipinski definition) is 0. The Morgan fingerprint density at radius 1 is 1.07 bits per heavy atom. The summed E-state index contributed by atoms with van der Waals surface area (Å²) >= 11 is 12.8. The molecule has 1 fully saturated rings. The molecule has 0 atom stereocenters. The Labute approximate surface area is 170 Å². The van der Waals surface area contributed by atoms with Crippen LogP contribution in [0.25, 0.3) is 6.08 Å². The van der Waals surface area contributed by atoms with Gasteiger partial charge in [0.05, 0.1) is 22.1 Å². The summed E-state index contributed by atoms with van der Waals surface area (Å²) in [5.41, 5.74) is 1.60. The Kier molecular flexibility index (Phi) is 5.99. The van der Waals surface area contributed by atoms with E-state index in [0.29, 0.717) is 33.1 Å². The average Bonchev–Trinajstić information content (AvgIpc) is 2.90. The molecule has 1 aliphatic rings. The fraction of sp³-hybridized carbons (Fsp3) is 0.158. The average molecular weight is 424 g/mol. The van der Waals surface area contributed by atoms with Crippen molar-refractivity contribution < 1.29 is 19.1 Å². The predicted octanol–water partition coefficient (Wildman–Crippen LogP) is 5.25. The molecule has 3 rings (SSSR count). The number of benzene rings is 2. The lowest BCUT2D eigenvalue weighted by atomic mass is 10.2. The second-order valence-corrected chi connectivity index (χ2v) is 7.50. The number of imide groups is 1. The molecule has 0 aromatic heterocycles. The molecule has 27 heavy (non-hydrogen) atoms. The fourth-order valence-electron chi connectivity index (χ4n) is 2.38. The SMILES string of the molecule is COc1cc(/C=C2\SC(=O)N(C)C2=O)ccc1OCc1ccc(Cl)c(Cl)c1. The second-order valence-electron chi connectivity index (χ2n) is 5.69. The molecule has 0 unspecified atom stereocenters. The van der Waals surface area contributed by atoms with Gasteiger partial charge < -0.3 is 9.47 Å². The van der Waals surface area contributed by atoms with E-state index in [1.165, 1.54) is 14.2 Å². The molecule has 140 valence electrons. The van der Waals surface area contributed by atoms with Crippen molar-refractivity contribution in [2.24, 2.45) is 0 Å². The summed E-state index contributed by atoms with van der Waals surface area (Å²) in [4.78, 5) is 25.0. The molecule has 1 heterocycles. The normalized spacial score (nSPS) is 15.6. The molecule has 0 spiro atoms. The number of ether oxygens (including phenoxy) is 2. The third kappa shape index (κ3) is 4.40. The van der Waals surface area contributed by atoms with Gasteiger partial charge in [0.1, 0.15) is 6.61 Å². The quantitative estimate of drug-likeness (QED) is 0.614. The highest BCUT2D eigenvalue weighted by Crippen LogP contribution is 2.34. The Morgan fingerprint density at radius 3 is 2.48 bits per heavy atom. The molecule has 5 nitrogen and oxygen atoms in total. The van der Waals surface area contributed by atoms with E-state index in [4.69, 9.17) is 32.7 Å². The molecule has 1 aliphatic heterocycles. The Balaban J connectivity index is 1.77. The van der Waals surface area contributed by atoms with Crippen LogP contribution in [0.15, 0.2) is 41.3 Å². The van der Waals surface area contributed by atoms with E-state index in [0.717, 1.165) is 27.8 Å². The third-order valence-corrected chi connectivity index (χ3v) is 5.55. The molecule has 0 N–H and O–H groups in total. The molecule has 1 saturated heterocycles. The van der Waals surface area contributed by atoms with Crippen molar-refractivity contribution >= 4 is 52.2 Å². The molecule has 0 bridgehead atoms. The summed E-state index contributed by atoms with van der Waals surface area (Å²) < 4.78 is 11.2. The van der Waals surface area contributed by atoms with Gasteiger partial charge >= 0.3 is 0 Å². The first kappa shape index (κ1) is 19.6. The van der Waals surface area contributed by atoms with Crippen molar-refractivity contribution in [2.45, 2.75) is 6.61 Å². The van der Waals surface area contributed by atoms with Gasteiger partial charge in [-0.25, -0.2) is 0 Å². The summed E-state index contributed by atoms with van der Waals surface area (Å²) in [5.74, 6) is 0.743. The third-order valence-electron chi connectivity index (χ3n) is 3.85. The van der Waals surface area contributed by atoms with Crippen molar-refractivity contribution in [3.05, 3.63) is 62.5 Å². The first-order valence-electron chi connectivity index (χ1n) is 7.85. The van der Waals surface area contributed by atoms with Crippen molar-refractivity contribution in [1.29, 1.82) is 0 Å². The lowest BCUT2D eigenvalue weighted by Crippen LogP contribution is -2.22. The van der Waals surface area contributed by atoms with E-state index in [1.54, 1.807) is 36.4 Å². The number of likely N-dealkylation sites (N-methyl/N-ethyl adjacent to an activating group) is 1. The predicted molar refractivity (Wildman–Crippen MR) is 108 cm³/mol. The number of methoxy groups -OCH3 is 1. The van der Waals surface area contributed by atoms with Gasteiger partial charge in [0.15, 0.2) is 11.5 Å². The molecular weight excluding hydrogens is 409 g/mol. The maximum absolute atomic E-state index is 12.0. The number of carbonyl (C=O) groups is 2. The Morgan fingerprint density at radius 2 is 1.85 bits per heavy atom. The molecule has 8 heteroatoms. The molecule has 2 aromatic rings. The molecular formula is C19H15Cl2NO4S. The van der Waals surface area contributed by atoms with E-state index in [2.05, 4.69) is 0 Å². The van der Waals surface area contributed by atoms with Gasteiger partial charge in [-0.2, -0.15) is 0 Å². The van der Waals surface area contributed by atoms with E-state index in [1.807, 2.05) is 6.07 Å². The monoisotopic (exact) mass is 423 g/mol. The number of thioether (sulfide) groups is 1. The number of hydrogen-bond acceptors (Lipinski definition) is 5. The van der Waals surface area contributed by atoms with Gasteiger partial charge in [-0.15, -0.1) is 0 Å². The summed E-state index contributed by atoms with van der Waals surface area (Å²) in [7, 11) is 2.99. The highest BCUT2D eigenvalue weighted by molar-refractivity contribution is 8.18. The van der Waals surface area contributed by atoms with Gasteiger partial charge in [0, 0.05) is 7.05 Å². The minimum atomic E-state index is -0.316. The number of amides is 2. The minimum Gasteiger partial charge on any atom is -0.493 e. The standard InChI is InChI=1S/C19H15Cl2NO4S/c1-22-18(23)17(27-19(22)24)9-11-4-6-15(16(8-11)25-2)26-10-12-3-5-13(20)14(21)7-12/h3-9H,10H2,1-2H3/b17-9-. The van der Waals surface area contributed by atoms with E-state index < -0.39 is 0 Å². The van der Waals surface area contributed by atoms with Gasteiger partial charge in [0.2, 0.25) is 0 Å². The molecule has 2 aromatic carbocycles. The van der Waals surface area contributed by atoms with Crippen LogP contribution in [0.5, 0.6) is 11.5 Å². The first-order chi connectivity index (χ1) is 12.9. The van der Waals surface area contributed by atoms with Crippen LogP contribution in [-0.2, 0) is 11.4 Å². The van der Waals surface area contributed by atoms with Crippen LogP contribution in [-0.4, -0.2) is 30.2 Å². The summed E-state index contributed by atoms with van der Waals surface area (Å²) in [5, 5.41) is 0.656. The van der Waals surface area contributed by atoms with Crippen LogP contribution in [0.1, 0.15) is 11.1 Å². The number of rotatable bonds is 5. The van der Waals surface area contributed by atoms with Gasteiger partial charge in [-0.05, 0) is 53.2 Å². The molecule has 0 aliphatic carbocycles. The van der Waals surface area contributed by atoms with Crippen LogP contribution in [0.3, 0.4) is 0 Å². The van der Waals surface area contributed by atoms with E-state index >= 15 is 0 Å². The Bertz CT molecular complexity index is 945. The Hall–Kier alpha value is -2.15. The maximum Gasteiger partial charge on any atom is 0.293 e. The first-order valence-corrected chi connectivity index (χ1v) is 9.42. The van der Waals surface area contributed by atoms with Crippen LogP contribution >= 0.6 is 35.0 Å². The van der Waals surface area contributed by atoms with Crippen LogP contribution in [0.4, 0.5) is 4.79 Å². The lowest BCUT2D eigenvalue weighted by molar-refractivity contribution is -0.121. The molecule has 0 radical (unpaired) electrons. The van der Waals surface area contributed by atoms with Gasteiger partial charge in [-0.1, -0.05) is 35.3 Å². The van der Waals surface area contributed by atoms with Gasteiger partial charge in [0.25, 0.3) is 11.1 Å². The number of carbonyl (C=O) groups excluding carboxylic acids is 2. The van der Waals surface area contributed by atoms with Gasteiger partial charge in [-0.3, -0.25) is 14.5 Å². The maximum atomic E-state index is 12.0. The smallest absolute Gasteiger partial charge is 0.293 e. The van der Waals surface area contributed by atoms with Crippen LogP contribution < -0.4 is 9.47 Å². The number of nitrogens with zero attached hydrogens (tertiary/aromatic N) is 1. The summed E-state index contributed by atoms with van der Waals surface area (Å²) in [6.45, 7) is 0.293. The highest BCUT2D eigenvalue weighted by Gasteiger charge is 2.31. The summed E-state index contributed by atoms with van der Waals surface area (Å²) in [6, 6.07) is 10.6. The van der Waals surface area contributed by atoms with Crippen LogP contribution in [0.2, 0.25) is 10.0 Å². The number of halogens is 2. The van der Waals surface area contributed by atoms with Crippen LogP contribution in [0, 0.1) is 0 Å². The zero-order valence-corrected chi connectivity index (χ0v) is 16.8. The summed E-state index contributed by atoms with van der Waals surface area (Å²) in [6.07, 6.45) is 1.65. The highest BCUT2D eigenvalue weighted by atomic mass is 35.5. The van der Waals surface area contributed by atoms with Crippen molar-refractivity contribution in [3.63, 3.8) is 0 Å². The zero-order chi connectivity index (χ0) is 19.6. The lowest BCUT2D eigenvalue weighted by Gasteiger charge is -2.12. The zero-order valence-electron chi connectivity index (χ0n) is 14.5. The van der Waals surface area contributed by atoms with Crippen molar-refractivity contribution in [2.75, 3.05) is 14.2 Å². The minimum absolute atomic E-state index is 0.292. The van der Waals surface area contributed by atoms with Crippen molar-refractivity contribution in [1.82, 2.24) is 4.90 Å². The molecule has 2 amide bonds.